The fraction of sp³-hybridized carbons (Fsp3) is 0.167. The number of anilines is 2. The van der Waals surface area contributed by atoms with Crippen LogP contribution < -0.4 is 21.9 Å². The van der Waals surface area contributed by atoms with E-state index in [0.29, 0.717) is 18.5 Å². The first-order chi connectivity index (χ1) is 8.11. The van der Waals surface area contributed by atoms with Crippen LogP contribution in [0, 0.1) is 5.82 Å². The van der Waals surface area contributed by atoms with Gasteiger partial charge in [0, 0.05) is 6.54 Å². The molecule has 0 heterocycles. The zero-order valence-electron chi connectivity index (χ0n) is 9.00. The summed E-state index contributed by atoms with van der Waals surface area (Å²) in [6.07, 6.45) is 0.422. The lowest BCUT2D eigenvalue weighted by atomic mass is 10.1. The molecule has 0 spiro atoms. The van der Waals surface area contributed by atoms with Crippen molar-refractivity contribution in [3.63, 3.8) is 0 Å². The van der Waals surface area contributed by atoms with E-state index in [0.717, 1.165) is 0 Å². The number of hydrogen-bond donors (Lipinski definition) is 2. The molecular formula is C12H11FN2O2. The van der Waals surface area contributed by atoms with Crippen molar-refractivity contribution in [3.05, 3.63) is 56.1 Å². The van der Waals surface area contributed by atoms with Crippen molar-refractivity contribution < 1.29 is 4.39 Å². The van der Waals surface area contributed by atoms with E-state index in [2.05, 4.69) is 5.32 Å². The molecule has 0 bridgehead atoms. The molecule has 0 saturated heterocycles. The molecule has 0 amide bonds. The van der Waals surface area contributed by atoms with Gasteiger partial charge in [0.2, 0.25) is 0 Å². The Morgan fingerprint density at radius 2 is 1.88 bits per heavy atom. The van der Waals surface area contributed by atoms with Gasteiger partial charge in [-0.3, -0.25) is 9.59 Å². The Bertz CT molecular complexity index is 615. The second-order valence-corrected chi connectivity index (χ2v) is 3.72. The number of halogens is 1. The molecule has 0 saturated carbocycles. The number of hydrogen-bond acceptors (Lipinski definition) is 4. The monoisotopic (exact) mass is 234 g/mol. The average Bonchev–Trinajstić information content (AvgIpc) is 2.35. The van der Waals surface area contributed by atoms with Crippen molar-refractivity contribution in [2.45, 2.75) is 6.42 Å². The minimum Gasteiger partial charge on any atom is -0.394 e. The summed E-state index contributed by atoms with van der Waals surface area (Å²) in [6.45, 7) is 0.357. The van der Waals surface area contributed by atoms with Crippen LogP contribution in [0.5, 0.6) is 0 Å². The van der Waals surface area contributed by atoms with Crippen LogP contribution in [0.15, 0.2) is 33.9 Å². The molecule has 2 rings (SSSR count). The maximum Gasteiger partial charge on any atom is 0.253 e. The van der Waals surface area contributed by atoms with Crippen LogP contribution in [0.3, 0.4) is 0 Å². The van der Waals surface area contributed by atoms with Crippen LogP contribution in [0.2, 0.25) is 0 Å². The Labute approximate surface area is 96.6 Å². The SMILES string of the molecule is Nc1c(NCCc2ccccc2F)c(=O)c1=O. The van der Waals surface area contributed by atoms with Gasteiger partial charge in [-0.2, -0.15) is 0 Å². The van der Waals surface area contributed by atoms with Crippen molar-refractivity contribution in [2.75, 3.05) is 17.6 Å². The fourth-order valence-corrected chi connectivity index (χ4v) is 1.61. The maximum atomic E-state index is 13.2. The highest BCUT2D eigenvalue weighted by atomic mass is 19.1. The second kappa shape index (κ2) is 4.37. The Hall–Kier alpha value is -2.17. The van der Waals surface area contributed by atoms with E-state index in [4.69, 9.17) is 5.73 Å². The Kier molecular flexibility index (Phi) is 2.91. The summed E-state index contributed by atoms with van der Waals surface area (Å²) in [4.78, 5) is 21.9. The highest BCUT2D eigenvalue weighted by molar-refractivity contribution is 5.71. The fourth-order valence-electron chi connectivity index (χ4n) is 1.61. The lowest BCUT2D eigenvalue weighted by Crippen LogP contribution is -2.37. The van der Waals surface area contributed by atoms with Gasteiger partial charge in [0.05, 0.1) is 0 Å². The van der Waals surface area contributed by atoms with Crippen molar-refractivity contribution in [2.24, 2.45) is 0 Å². The summed E-state index contributed by atoms with van der Waals surface area (Å²) in [5, 5.41) is 2.74. The largest absolute Gasteiger partial charge is 0.394 e. The zero-order chi connectivity index (χ0) is 12.4. The van der Waals surface area contributed by atoms with E-state index in [9.17, 15) is 14.0 Å². The minimum absolute atomic E-state index is 0.0384. The lowest BCUT2D eigenvalue weighted by Gasteiger charge is -2.09. The third-order valence-electron chi connectivity index (χ3n) is 2.60. The number of benzene rings is 1. The molecule has 0 unspecified atom stereocenters. The van der Waals surface area contributed by atoms with Gasteiger partial charge in [0.15, 0.2) is 0 Å². The van der Waals surface area contributed by atoms with E-state index in [1.54, 1.807) is 18.2 Å². The standard InChI is InChI=1S/C12H11FN2O2/c13-8-4-2-1-3-7(8)5-6-15-10-9(14)11(16)12(10)17/h1-4,15H,5-6,14H2. The van der Waals surface area contributed by atoms with Gasteiger partial charge in [-0.15, -0.1) is 0 Å². The predicted octanol–water partition coefficient (Wildman–Crippen LogP) is 0.658. The topological polar surface area (TPSA) is 72.2 Å². The van der Waals surface area contributed by atoms with Crippen LogP contribution in [0.4, 0.5) is 15.8 Å². The quantitative estimate of drug-likeness (QED) is 0.762. The van der Waals surface area contributed by atoms with Gasteiger partial charge in [0.25, 0.3) is 10.9 Å². The number of nitrogens with one attached hydrogen (secondary N) is 1. The molecule has 2 aromatic rings. The number of nitrogens with two attached hydrogens (primary N) is 1. The smallest absolute Gasteiger partial charge is 0.253 e. The molecule has 0 aromatic heterocycles. The first kappa shape index (κ1) is 11.3. The lowest BCUT2D eigenvalue weighted by molar-refractivity contribution is 0.610. The Morgan fingerprint density at radius 3 is 2.53 bits per heavy atom. The molecule has 0 aliphatic rings. The van der Waals surface area contributed by atoms with Crippen LogP contribution in [0.1, 0.15) is 5.56 Å². The van der Waals surface area contributed by atoms with Gasteiger partial charge < -0.3 is 11.1 Å². The summed E-state index contributed by atoms with van der Waals surface area (Å²) in [5.74, 6) is -0.285. The minimum atomic E-state index is -0.654. The zero-order valence-corrected chi connectivity index (χ0v) is 9.00. The third kappa shape index (κ3) is 2.04. The predicted molar refractivity (Wildman–Crippen MR) is 64.4 cm³/mol. The maximum absolute atomic E-state index is 13.2. The molecular weight excluding hydrogens is 223 g/mol. The molecule has 2 aromatic carbocycles. The molecule has 0 radical (unpaired) electrons. The first-order valence-electron chi connectivity index (χ1n) is 5.17. The number of rotatable bonds is 4. The van der Waals surface area contributed by atoms with E-state index >= 15 is 0 Å². The van der Waals surface area contributed by atoms with Crippen molar-refractivity contribution in [1.82, 2.24) is 0 Å². The summed E-state index contributed by atoms with van der Waals surface area (Å²) in [5.41, 5.74) is 4.74. The highest BCUT2D eigenvalue weighted by Gasteiger charge is 2.16. The van der Waals surface area contributed by atoms with Crippen molar-refractivity contribution in [3.8, 4) is 0 Å². The van der Waals surface area contributed by atoms with Gasteiger partial charge in [-0.05, 0) is 18.1 Å². The summed E-state index contributed by atoms with van der Waals surface area (Å²) in [6, 6.07) is 6.40. The third-order valence-corrected chi connectivity index (χ3v) is 2.60. The molecule has 17 heavy (non-hydrogen) atoms. The Morgan fingerprint density at radius 1 is 1.18 bits per heavy atom. The first-order valence-corrected chi connectivity index (χ1v) is 5.17. The van der Waals surface area contributed by atoms with E-state index < -0.39 is 10.9 Å². The highest BCUT2D eigenvalue weighted by Crippen LogP contribution is 2.10. The normalized spacial score (nSPS) is 10.6. The molecule has 0 aliphatic heterocycles. The van der Waals surface area contributed by atoms with Crippen LogP contribution in [0.25, 0.3) is 0 Å². The van der Waals surface area contributed by atoms with Gasteiger partial charge in [0.1, 0.15) is 17.2 Å². The Balaban J connectivity index is 1.96. The van der Waals surface area contributed by atoms with Gasteiger partial charge >= 0.3 is 0 Å². The molecule has 0 atom stereocenters. The molecule has 4 nitrogen and oxygen atoms in total. The van der Waals surface area contributed by atoms with Crippen LogP contribution in [-0.4, -0.2) is 6.54 Å². The second-order valence-electron chi connectivity index (χ2n) is 3.72. The summed E-state index contributed by atoms with van der Waals surface area (Å²) < 4.78 is 13.2. The average molecular weight is 234 g/mol. The molecule has 0 fully saturated rings. The van der Waals surface area contributed by atoms with E-state index in [-0.39, 0.29) is 17.2 Å². The van der Waals surface area contributed by atoms with Crippen molar-refractivity contribution in [1.29, 1.82) is 0 Å². The van der Waals surface area contributed by atoms with Crippen molar-refractivity contribution >= 4 is 11.4 Å². The van der Waals surface area contributed by atoms with Gasteiger partial charge in [-0.25, -0.2) is 4.39 Å². The molecule has 5 heteroatoms. The summed E-state index contributed by atoms with van der Waals surface area (Å²) in [7, 11) is 0. The number of nitrogen functional groups attached to an aromatic ring is 1. The van der Waals surface area contributed by atoms with Crippen LogP contribution in [-0.2, 0) is 6.42 Å². The van der Waals surface area contributed by atoms with E-state index in [1.165, 1.54) is 6.07 Å². The molecule has 3 N–H and O–H groups in total. The molecule has 88 valence electrons. The van der Waals surface area contributed by atoms with Crippen LogP contribution >= 0.6 is 0 Å². The molecule has 0 aliphatic carbocycles. The summed E-state index contributed by atoms with van der Waals surface area (Å²) >= 11 is 0. The van der Waals surface area contributed by atoms with Gasteiger partial charge in [-0.1, -0.05) is 18.2 Å². The van der Waals surface area contributed by atoms with E-state index in [1.807, 2.05) is 0 Å².